The summed E-state index contributed by atoms with van der Waals surface area (Å²) >= 11 is 1.51. The molecule has 4 nitrogen and oxygen atoms in total. The summed E-state index contributed by atoms with van der Waals surface area (Å²) in [4.78, 5) is 14.4. The van der Waals surface area contributed by atoms with Gasteiger partial charge in [-0.2, -0.15) is 0 Å². The van der Waals surface area contributed by atoms with Crippen LogP contribution in [0.25, 0.3) is 0 Å². The summed E-state index contributed by atoms with van der Waals surface area (Å²) in [6.45, 7) is 2.06. The normalized spacial score (nSPS) is 33.5. The molecule has 4 N–H and O–H groups in total. The Hall–Kier alpha value is -1.05. The number of nitrogens with two attached hydrogens (primary N) is 1. The zero-order valence-corrected chi connectivity index (χ0v) is 15.9. The Kier molecular flexibility index (Phi) is 4.82. The average molecular weight is 384 g/mol. The minimum atomic E-state index is -2.56. The second-order valence-electron chi connectivity index (χ2n) is 8.27. The standard InChI is InChI=1S/C19H27F2N3OS/c1-10-14(15-8-16(15)23-13-6-11(22)7-13)9-17(26-10)18(25)24-12-2-4-19(20,21)5-3-12/h9,11-13,15-16,23H,2-8,22H2,1H3,(H,24,25). The molecule has 1 heterocycles. The molecule has 0 aromatic carbocycles. The first-order chi connectivity index (χ1) is 12.3. The second-order valence-corrected chi connectivity index (χ2v) is 9.53. The molecule has 0 aliphatic heterocycles. The summed E-state index contributed by atoms with van der Waals surface area (Å²) in [6.07, 6.45) is 3.67. The maximum atomic E-state index is 13.2. The number of nitrogens with one attached hydrogen (secondary N) is 2. The predicted octanol–water partition coefficient (Wildman–Crippen LogP) is 3.30. The fourth-order valence-electron chi connectivity index (χ4n) is 4.24. The van der Waals surface area contributed by atoms with Gasteiger partial charge >= 0.3 is 0 Å². The Morgan fingerprint density at radius 2 is 1.92 bits per heavy atom. The fraction of sp³-hybridized carbons (Fsp3) is 0.737. The molecular formula is C19H27F2N3OS. The van der Waals surface area contributed by atoms with Crippen molar-refractivity contribution in [3.05, 3.63) is 21.4 Å². The SMILES string of the molecule is Cc1sc(C(=O)NC2CCC(F)(F)CC2)cc1C1CC1NC1CC(N)C1. The van der Waals surface area contributed by atoms with Gasteiger partial charge in [-0.15, -0.1) is 11.3 Å². The number of carbonyl (C=O) groups is 1. The molecule has 3 aliphatic carbocycles. The maximum absolute atomic E-state index is 13.2. The Bertz CT molecular complexity index is 676. The molecule has 1 aromatic heterocycles. The van der Waals surface area contributed by atoms with E-state index in [0.717, 1.165) is 19.3 Å². The lowest BCUT2D eigenvalue weighted by Gasteiger charge is -2.33. The van der Waals surface area contributed by atoms with Crippen LogP contribution in [0.3, 0.4) is 0 Å². The summed E-state index contributed by atoms with van der Waals surface area (Å²) in [7, 11) is 0. The third kappa shape index (κ3) is 3.94. The van der Waals surface area contributed by atoms with E-state index >= 15 is 0 Å². The van der Waals surface area contributed by atoms with Gasteiger partial charge in [0.1, 0.15) is 0 Å². The lowest BCUT2D eigenvalue weighted by molar-refractivity contribution is -0.0399. The predicted molar refractivity (Wildman–Crippen MR) is 99.0 cm³/mol. The molecule has 144 valence electrons. The molecule has 1 aromatic rings. The van der Waals surface area contributed by atoms with Gasteiger partial charge in [-0.25, -0.2) is 8.78 Å². The summed E-state index contributed by atoms with van der Waals surface area (Å²) < 4.78 is 26.5. The van der Waals surface area contributed by atoms with Crippen LogP contribution in [0.15, 0.2) is 6.07 Å². The van der Waals surface area contributed by atoms with Gasteiger partial charge < -0.3 is 16.4 Å². The van der Waals surface area contributed by atoms with Gasteiger partial charge in [0.05, 0.1) is 4.88 Å². The highest BCUT2D eigenvalue weighted by molar-refractivity contribution is 7.14. The molecule has 0 spiro atoms. The number of amides is 1. The molecule has 1 amide bonds. The van der Waals surface area contributed by atoms with E-state index in [1.54, 1.807) is 0 Å². The largest absolute Gasteiger partial charge is 0.349 e. The monoisotopic (exact) mass is 383 g/mol. The van der Waals surface area contributed by atoms with Crippen LogP contribution in [0.2, 0.25) is 0 Å². The van der Waals surface area contributed by atoms with Crippen molar-refractivity contribution in [2.24, 2.45) is 5.73 Å². The van der Waals surface area contributed by atoms with Crippen LogP contribution in [0.4, 0.5) is 8.78 Å². The van der Waals surface area contributed by atoms with Gasteiger partial charge in [-0.05, 0) is 50.7 Å². The molecule has 2 unspecified atom stereocenters. The van der Waals surface area contributed by atoms with Crippen LogP contribution in [-0.4, -0.2) is 36.0 Å². The fourth-order valence-corrected chi connectivity index (χ4v) is 5.24. The van der Waals surface area contributed by atoms with Crippen molar-refractivity contribution >= 4 is 17.2 Å². The van der Waals surface area contributed by atoms with Crippen molar-refractivity contribution < 1.29 is 13.6 Å². The van der Waals surface area contributed by atoms with E-state index in [9.17, 15) is 13.6 Å². The van der Waals surface area contributed by atoms with Crippen molar-refractivity contribution in [3.8, 4) is 0 Å². The molecule has 0 saturated heterocycles. The van der Waals surface area contributed by atoms with Gasteiger partial charge in [0.2, 0.25) is 5.92 Å². The molecule has 26 heavy (non-hydrogen) atoms. The molecule has 7 heteroatoms. The Labute approximate surface area is 156 Å². The highest BCUT2D eigenvalue weighted by atomic mass is 32.1. The zero-order chi connectivity index (χ0) is 18.5. The molecule has 3 fully saturated rings. The topological polar surface area (TPSA) is 67.2 Å². The number of alkyl halides is 2. The first-order valence-corrected chi connectivity index (χ1v) is 10.4. The summed E-state index contributed by atoms with van der Waals surface area (Å²) in [5, 5.41) is 6.61. The maximum Gasteiger partial charge on any atom is 0.261 e. The molecule has 2 atom stereocenters. The van der Waals surface area contributed by atoms with Crippen molar-refractivity contribution in [1.82, 2.24) is 10.6 Å². The summed E-state index contributed by atoms with van der Waals surface area (Å²) in [5.41, 5.74) is 7.10. The van der Waals surface area contributed by atoms with E-state index in [1.165, 1.54) is 21.8 Å². The Morgan fingerprint density at radius 1 is 1.23 bits per heavy atom. The van der Waals surface area contributed by atoms with Gasteiger partial charge in [-0.3, -0.25) is 4.79 Å². The van der Waals surface area contributed by atoms with Crippen molar-refractivity contribution in [2.75, 3.05) is 0 Å². The van der Waals surface area contributed by atoms with E-state index < -0.39 is 5.92 Å². The van der Waals surface area contributed by atoms with Crippen LogP contribution in [0, 0.1) is 6.92 Å². The Morgan fingerprint density at radius 3 is 2.58 bits per heavy atom. The molecule has 0 radical (unpaired) electrons. The van der Waals surface area contributed by atoms with Gasteiger partial charge in [-0.1, -0.05) is 0 Å². The third-order valence-corrected chi connectivity index (χ3v) is 7.11. The lowest BCUT2D eigenvalue weighted by Crippen LogP contribution is -2.49. The minimum Gasteiger partial charge on any atom is -0.349 e. The van der Waals surface area contributed by atoms with Gasteiger partial charge in [0, 0.05) is 47.8 Å². The number of thiophene rings is 1. The second kappa shape index (κ2) is 6.84. The number of carbonyl (C=O) groups excluding carboxylic acids is 1. The van der Waals surface area contributed by atoms with E-state index in [0.29, 0.717) is 41.8 Å². The quantitative estimate of drug-likeness (QED) is 0.731. The van der Waals surface area contributed by atoms with Gasteiger partial charge in [0.25, 0.3) is 5.91 Å². The first kappa shape index (κ1) is 18.3. The van der Waals surface area contributed by atoms with E-state index in [1.807, 2.05) is 6.07 Å². The van der Waals surface area contributed by atoms with Crippen LogP contribution in [0.1, 0.15) is 71.0 Å². The Balaban J connectivity index is 1.31. The molecule has 4 rings (SSSR count). The van der Waals surface area contributed by atoms with Crippen LogP contribution in [0.5, 0.6) is 0 Å². The molecule has 3 saturated carbocycles. The molecular weight excluding hydrogens is 356 g/mol. The lowest BCUT2D eigenvalue weighted by atomic mass is 9.87. The average Bonchev–Trinajstić information content (AvgIpc) is 3.20. The van der Waals surface area contributed by atoms with Crippen LogP contribution in [-0.2, 0) is 0 Å². The number of rotatable bonds is 5. The van der Waals surface area contributed by atoms with E-state index in [4.69, 9.17) is 5.73 Å². The van der Waals surface area contributed by atoms with Crippen molar-refractivity contribution in [3.63, 3.8) is 0 Å². The van der Waals surface area contributed by atoms with E-state index in [2.05, 4.69) is 17.6 Å². The third-order valence-electron chi connectivity index (χ3n) is 6.05. The van der Waals surface area contributed by atoms with E-state index in [-0.39, 0.29) is 24.8 Å². The van der Waals surface area contributed by atoms with Crippen LogP contribution >= 0.6 is 11.3 Å². The first-order valence-electron chi connectivity index (χ1n) is 9.61. The summed E-state index contributed by atoms with van der Waals surface area (Å²) in [6, 6.07) is 3.27. The van der Waals surface area contributed by atoms with Crippen molar-refractivity contribution in [1.29, 1.82) is 0 Å². The number of halogens is 2. The number of hydrogen-bond acceptors (Lipinski definition) is 4. The highest BCUT2D eigenvalue weighted by Crippen LogP contribution is 2.45. The minimum absolute atomic E-state index is 0.116. The molecule has 3 aliphatic rings. The smallest absolute Gasteiger partial charge is 0.261 e. The molecule has 0 bridgehead atoms. The van der Waals surface area contributed by atoms with Crippen molar-refractivity contribution in [2.45, 2.75) is 87.9 Å². The summed E-state index contributed by atoms with van der Waals surface area (Å²) in [5.74, 6) is -2.20. The van der Waals surface area contributed by atoms with Gasteiger partial charge in [0.15, 0.2) is 0 Å². The van der Waals surface area contributed by atoms with Crippen LogP contribution < -0.4 is 16.4 Å². The highest BCUT2D eigenvalue weighted by Gasteiger charge is 2.43. The zero-order valence-electron chi connectivity index (χ0n) is 15.1. The number of aryl methyl sites for hydroxylation is 1. The number of hydrogen-bond donors (Lipinski definition) is 3.